The summed E-state index contributed by atoms with van der Waals surface area (Å²) in [4.78, 5) is 12.4. The molecule has 0 radical (unpaired) electrons. The maximum absolute atomic E-state index is 12.4. The third-order valence-electron chi connectivity index (χ3n) is 11.0. The zero-order valence-electron chi connectivity index (χ0n) is 35.7. The van der Waals surface area contributed by atoms with E-state index < -0.39 is 18.2 Å². The molecule has 0 saturated carbocycles. The van der Waals surface area contributed by atoms with Crippen molar-refractivity contribution >= 4 is 5.91 Å². The largest absolute Gasteiger partial charge is 0.394 e. The molecule has 0 heterocycles. The van der Waals surface area contributed by atoms with Crippen molar-refractivity contribution in [3.63, 3.8) is 0 Å². The van der Waals surface area contributed by atoms with E-state index in [9.17, 15) is 20.1 Å². The van der Waals surface area contributed by atoms with Crippen molar-refractivity contribution in [3.8, 4) is 0 Å². The summed E-state index contributed by atoms with van der Waals surface area (Å²) in [5, 5.41) is 33.6. The highest BCUT2D eigenvalue weighted by molar-refractivity contribution is 5.76. The number of aliphatic hydroxyl groups excluding tert-OH is 3. The standard InChI is InChI=1S/C48H93NO4/c1-3-5-7-9-11-13-15-17-19-21-23-24-25-27-29-31-33-35-37-39-41-43-47(52)49-45(44-50)48(53)46(51)42-40-38-36-34-32-30-28-26-22-20-18-16-14-12-10-8-6-4-2/h26,28,34,36,45-46,48,50-51,53H,3-25,27,29-33,35,37-44H2,1-2H3,(H,49,52)/b28-26+,36-34+. The predicted octanol–water partition coefficient (Wildman–Crippen LogP) is 13.8. The number of unbranched alkanes of at least 4 members (excludes halogenated alkanes) is 31. The van der Waals surface area contributed by atoms with Crippen LogP contribution in [-0.2, 0) is 4.79 Å². The number of amides is 1. The molecule has 0 aliphatic heterocycles. The van der Waals surface area contributed by atoms with Gasteiger partial charge >= 0.3 is 0 Å². The number of nitrogens with one attached hydrogen (secondary N) is 1. The van der Waals surface area contributed by atoms with E-state index in [1.165, 1.54) is 180 Å². The number of allylic oxidation sites excluding steroid dienone is 4. The average molecular weight is 748 g/mol. The molecular formula is C48H93NO4. The first-order chi connectivity index (χ1) is 26.1. The van der Waals surface area contributed by atoms with E-state index in [4.69, 9.17) is 0 Å². The van der Waals surface area contributed by atoms with Gasteiger partial charge in [-0.3, -0.25) is 4.79 Å². The number of rotatable bonds is 43. The van der Waals surface area contributed by atoms with Crippen molar-refractivity contribution in [2.45, 2.75) is 270 Å². The van der Waals surface area contributed by atoms with Gasteiger partial charge in [-0.15, -0.1) is 0 Å². The fraction of sp³-hybridized carbons (Fsp3) is 0.896. The van der Waals surface area contributed by atoms with Gasteiger partial charge in [0.15, 0.2) is 0 Å². The van der Waals surface area contributed by atoms with Crippen LogP contribution < -0.4 is 5.32 Å². The van der Waals surface area contributed by atoms with Crippen molar-refractivity contribution in [2.75, 3.05) is 6.61 Å². The molecule has 0 aromatic carbocycles. The summed E-state index contributed by atoms with van der Waals surface area (Å²) < 4.78 is 0. The first-order valence-corrected chi connectivity index (χ1v) is 23.6. The summed E-state index contributed by atoms with van der Waals surface area (Å²) in [6, 6.07) is -0.828. The number of aliphatic hydroxyl groups is 3. The highest BCUT2D eigenvalue weighted by Crippen LogP contribution is 2.16. The third-order valence-corrected chi connectivity index (χ3v) is 11.0. The summed E-state index contributed by atoms with van der Waals surface area (Å²) in [5.74, 6) is -0.154. The van der Waals surface area contributed by atoms with Crippen LogP contribution in [0.4, 0.5) is 0 Å². The first-order valence-electron chi connectivity index (χ1n) is 23.6. The van der Waals surface area contributed by atoms with Crippen LogP contribution in [0.2, 0.25) is 0 Å². The zero-order chi connectivity index (χ0) is 38.7. The Kier molecular flexibility index (Phi) is 42.6. The molecule has 0 fully saturated rings. The molecule has 0 bridgehead atoms. The molecule has 1 amide bonds. The Bertz CT molecular complexity index is 784. The molecule has 0 aromatic heterocycles. The lowest BCUT2D eigenvalue weighted by atomic mass is 10.0. The molecule has 0 aliphatic rings. The summed E-state index contributed by atoms with van der Waals surface area (Å²) in [7, 11) is 0. The minimum atomic E-state index is -1.16. The lowest BCUT2D eigenvalue weighted by Crippen LogP contribution is -2.50. The van der Waals surface area contributed by atoms with Crippen molar-refractivity contribution in [3.05, 3.63) is 24.3 Å². The Morgan fingerprint density at radius 2 is 0.774 bits per heavy atom. The molecule has 5 nitrogen and oxygen atoms in total. The molecule has 3 unspecified atom stereocenters. The van der Waals surface area contributed by atoms with Gasteiger partial charge in [-0.2, -0.15) is 0 Å². The summed E-state index contributed by atoms with van der Waals surface area (Å²) in [5.41, 5.74) is 0. The van der Waals surface area contributed by atoms with Crippen LogP contribution in [-0.4, -0.2) is 46.1 Å². The fourth-order valence-corrected chi connectivity index (χ4v) is 7.36. The summed E-state index contributed by atoms with van der Waals surface area (Å²) in [6.45, 7) is 4.18. The number of carbonyl (C=O) groups excluding carboxylic acids is 1. The van der Waals surface area contributed by atoms with Crippen molar-refractivity contribution in [2.24, 2.45) is 0 Å². The third kappa shape index (κ3) is 38.9. The molecule has 5 heteroatoms. The molecule has 3 atom stereocenters. The Morgan fingerprint density at radius 3 is 1.15 bits per heavy atom. The monoisotopic (exact) mass is 748 g/mol. The normalized spacial score (nSPS) is 13.7. The van der Waals surface area contributed by atoms with Gasteiger partial charge in [-0.05, 0) is 51.4 Å². The molecule has 53 heavy (non-hydrogen) atoms. The minimum absolute atomic E-state index is 0.154. The van der Waals surface area contributed by atoms with Crippen molar-refractivity contribution < 1.29 is 20.1 Å². The zero-order valence-corrected chi connectivity index (χ0v) is 35.7. The van der Waals surface area contributed by atoms with E-state index in [0.29, 0.717) is 12.8 Å². The highest BCUT2D eigenvalue weighted by atomic mass is 16.3. The van der Waals surface area contributed by atoms with Gasteiger partial charge in [-0.25, -0.2) is 0 Å². The number of hydrogen-bond acceptors (Lipinski definition) is 4. The van der Waals surface area contributed by atoms with Gasteiger partial charge in [0.25, 0.3) is 0 Å². The van der Waals surface area contributed by atoms with Gasteiger partial charge in [0.05, 0.1) is 18.8 Å². The minimum Gasteiger partial charge on any atom is -0.394 e. The molecule has 4 N–H and O–H groups in total. The lowest BCUT2D eigenvalue weighted by Gasteiger charge is -2.26. The summed E-state index contributed by atoms with van der Waals surface area (Å²) in [6.07, 6.45) is 53.0. The van der Waals surface area contributed by atoms with Crippen molar-refractivity contribution in [1.82, 2.24) is 5.32 Å². The highest BCUT2D eigenvalue weighted by Gasteiger charge is 2.26. The van der Waals surface area contributed by atoms with Gasteiger partial charge in [-0.1, -0.05) is 218 Å². The van der Waals surface area contributed by atoms with Gasteiger partial charge in [0, 0.05) is 6.42 Å². The second kappa shape index (κ2) is 43.6. The van der Waals surface area contributed by atoms with Gasteiger partial charge in [0.2, 0.25) is 5.91 Å². The maximum atomic E-state index is 12.4. The first kappa shape index (κ1) is 51.8. The molecule has 0 aromatic rings. The van der Waals surface area contributed by atoms with E-state index in [1.807, 2.05) is 0 Å². The molecular weight excluding hydrogens is 655 g/mol. The van der Waals surface area contributed by atoms with E-state index in [-0.39, 0.29) is 12.5 Å². The predicted molar refractivity (Wildman–Crippen MR) is 231 cm³/mol. The Hall–Kier alpha value is -1.17. The molecule has 0 aliphatic carbocycles. The Balaban J connectivity index is 3.63. The maximum Gasteiger partial charge on any atom is 0.220 e. The fourth-order valence-electron chi connectivity index (χ4n) is 7.36. The molecule has 314 valence electrons. The van der Waals surface area contributed by atoms with Gasteiger partial charge in [0.1, 0.15) is 6.10 Å². The van der Waals surface area contributed by atoms with Crippen molar-refractivity contribution in [1.29, 1.82) is 0 Å². The Labute approximate surface area is 331 Å². The van der Waals surface area contributed by atoms with Crippen LogP contribution in [0.1, 0.15) is 251 Å². The van der Waals surface area contributed by atoms with Crippen LogP contribution >= 0.6 is 0 Å². The molecule has 0 saturated heterocycles. The number of carbonyl (C=O) groups is 1. The SMILES string of the molecule is CCCCCCCCCCC/C=C/CC/C=C/CCCC(O)C(O)C(CO)NC(=O)CCCCCCCCCCCCCCCCCCCCCCC. The van der Waals surface area contributed by atoms with Crippen LogP contribution in [0, 0.1) is 0 Å². The van der Waals surface area contributed by atoms with E-state index in [2.05, 4.69) is 43.5 Å². The van der Waals surface area contributed by atoms with Crippen LogP contribution in [0.15, 0.2) is 24.3 Å². The Morgan fingerprint density at radius 1 is 0.453 bits per heavy atom. The second-order valence-corrected chi connectivity index (χ2v) is 16.3. The van der Waals surface area contributed by atoms with E-state index in [1.54, 1.807) is 0 Å². The van der Waals surface area contributed by atoms with Gasteiger partial charge < -0.3 is 20.6 Å². The summed E-state index contributed by atoms with van der Waals surface area (Å²) >= 11 is 0. The van der Waals surface area contributed by atoms with E-state index in [0.717, 1.165) is 44.9 Å². The van der Waals surface area contributed by atoms with E-state index >= 15 is 0 Å². The lowest BCUT2D eigenvalue weighted by molar-refractivity contribution is -0.124. The van der Waals surface area contributed by atoms with Crippen LogP contribution in [0.25, 0.3) is 0 Å². The van der Waals surface area contributed by atoms with Crippen LogP contribution in [0.3, 0.4) is 0 Å². The van der Waals surface area contributed by atoms with Crippen LogP contribution in [0.5, 0.6) is 0 Å². The molecule has 0 rings (SSSR count). The average Bonchev–Trinajstić information content (AvgIpc) is 3.16. The smallest absolute Gasteiger partial charge is 0.220 e. The topological polar surface area (TPSA) is 89.8 Å². The second-order valence-electron chi connectivity index (χ2n) is 16.3. The quantitative estimate of drug-likeness (QED) is 0.0369. The number of hydrogen-bond donors (Lipinski definition) is 4. The molecule has 0 spiro atoms.